The molecule has 6 heteroatoms. The van der Waals surface area contributed by atoms with Crippen molar-refractivity contribution in [3.8, 4) is 11.3 Å². The second-order valence-corrected chi connectivity index (χ2v) is 7.17. The lowest BCUT2D eigenvalue weighted by molar-refractivity contribution is -0.0210. The molecule has 4 rings (SSSR count). The Balaban J connectivity index is 0.000000185. The predicted molar refractivity (Wildman–Crippen MR) is 102 cm³/mol. The van der Waals surface area contributed by atoms with E-state index in [4.69, 9.17) is 0 Å². The molecule has 0 saturated carbocycles. The Morgan fingerprint density at radius 3 is 2.32 bits per heavy atom. The number of benzene rings is 2. The van der Waals surface area contributed by atoms with Gasteiger partial charge in [0.05, 0.1) is 16.6 Å². The molecule has 4 atom stereocenters. The highest BCUT2D eigenvalue weighted by molar-refractivity contribution is 6.04. The lowest BCUT2D eigenvalue weighted by Crippen LogP contribution is -2.47. The standard InChI is InChI=1S/C13H16F4O.C9H5N/c1-8(15)11(18)12(17)13(2,7-14)9-5-3-4-6-10(9)16;1-2-4-8-6(3-1)7-5-9(7)10-8/h3-6,8,11-12,18H,7H2,1-2H3;1-5H. The fraction of sp³-hybridized carbons (Fsp3) is 0.318. The van der Waals surface area contributed by atoms with Gasteiger partial charge in [0.1, 0.15) is 30.9 Å². The van der Waals surface area contributed by atoms with Crippen LogP contribution in [0.5, 0.6) is 0 Å². The number of halogens is 4. The molecule has 148 valence electrons. The number of rotatable bonds is 5. The van der Waals surface area contributed by atoms with Gasteiger partial charge in [0.25, 0.3) is 0 Å². The molecule has 28 heavy (non-hydrogen) atoms. The highest BCUT2D eigenvalue weighted by Gasteiger charge is 2.44. The van der Waals surface area contributed by atoms with Gasteiger partial charge in [0.2, 0.25) is 0 Å². The molecule has 2 aliphatic rings. The lowest BCUT2D eigenvalue weighted by atomic mass is 9.76. The molecule has 1 aliphatic carbocycles. The number of aromatic nitrogens is 1. The summed E-state index contributed by atoms with van der Waals surface area (Å²) in [5.41, 5.74) is 1.54. The van der Waals surface area contributed by atoms with Crippen LogP contribution < -0.4 is 0 Å². The summed E-state index contributed by atoms with van der Waals surface area (Å²) in [7, 11) is 0. The Kier molecular flexibility index (Phi) is 5.70. The van der Waals surface area contributed by atoms with Gasteiger partial charge >= 0.3 is 0 Å². The lowest BCUT2D eigenvalue weighted by Gasteiger charge is -2.34. The van der Waals surface area contributed by atoms with E-state index in [0.29, 0.717) is 0 Å². The summed E-state index contributed by atoms with van der Waals surface area (Å²) in [6.07, 6.45) is -6.09. The van der Waals surface area contributed by atoms with Crippen LogP contribution in [0.15, 0.2) is 54.6 Å². The van der Waals surface area contributed by atoms with E-state index >= 15 is 0 Å². The van der Waals surface area contributed by atoms with Crippen molar-refractivity contribution in [1.82, 2.24) is 4.98 Å². The molecule has 1 heterocycles. The first-order valence-corrected chi connectivity index (χ1v) is 8.97. The number of para-hydroxylation sites is 1. The normalized spacial score (nSPS) is 17.1. The number of hydrogen-bond donors (Lipinski definition) is 1. The summed E-state index contributed by atoms with van der Waals surface area (Å²) in [6, 6.07) is 15.5. The van der Waals surface area contributed by atoms with Crippen molar-refractivity contribution >= 4 is 10.9 Å². The third kappa shape index (κ3) is 3.74. The predicted octanol–water partition coefficient (Wildman–Crippen LogP) is 5.33. The molecule has 1 N–H and O–H groups in total. The number of aliphatic hydroxyl groups excluding tert-OH is 1. The molecule has 0 radical (unpaired) electrons. The van der Waals surface area contributed by atoms with Crippen LogP contribution >= 0.6 is 0 Å². The van der Waals surface area contributed by atoms with E-state index in [1.807, 2.05) is 6.07 Å². The summed E-state index contributed by atoms with van der Waals surface area (Å²) in [4.78, 5) is 4.35. The number of aliphatic hydroxyl groups is 1. The third-order valence-corrected chi connectivity index (χ3v) is 5.05. The number of hydrogen-bond acceptors (Lipinski definition) is 2. The van der Waals surface area contributed by atoms with Gasteiger partial charge in [-0.15, -0.1) is 0 Å². The van der Waals surface area contributed by atoms with E-state index < -0.39 is 36.4 Å². The molecule has 0 amide bonds. The molecular formula is C22H21F4NO. The molecular weight excluding hydrogens is 370 g/mol. The first-order valence-electron chi connectivity index (χ1n) is 8.97. The van der Waals surface area contributed by atoms with Gasteiger partial charge in [-0.1, -0.05) is 36.4 Å². The van der Waals surface area contributed by atoms with Gasteiger partial charge in [-0.25, -0.2) is 18.2 Å². The monoisotopic (exact) mass is 391 g/mol. The van der Waals surface area contributed by atoms with E-state index in [1.165, 1.54) is 34.8 Å². The maximum Gasteiger partial charge on any atom is 0.141 e. The van der Waals surface area contributed by atoms with Crippen molar-refractivity contribution in [1.29, 1.82) is 0 Å². The Bertz CT molecular complexity index is 978. The van der Waals surface area contributed by atoms with Crippen LogP contribution in [-0.4, -0.2) is 35.2 Å². The molecule has 2 aromatic carbocycles. The summed E-state index contributed by atoms with van der Waals surface area (Å²) in [6.45, 7) is 0.859. The minimum atomic E-state index is -2.24. The fourth-order valence-corrected chi connectivity index (χ4v) is 3.17. The van der Waals surface area contributed by atoms with Gasteiger partial charge in [-0.3, -0.25) is 4.39 Å². The molecule has 2 nitrogen and oxygen atoms in total. The number of nitrogens with zero attached hydrogens (tertiary/aromatic N) is 1. The zero-order valence-electron chi connectivity index (χ0n) is 15.5. The maximum absolute atomic E-state index is 14.1. The van der Waals surface area contributed by atoms with Crippen molar-refractivity contribution in [3.63, 3.8) is 0 Å². The minimum absolute atomic E-state index is 0.209. The van der Waals surface area contributed by atoms with Gasteiger partial charge in [0.15, 0.2) is 0 Å². The highest BCUT2D eigenvalue weighted by Crippen LogP contribution is 2.39. The fourth-order valence-electron chi connectivity index (χ4n) is 3.17. The van der Waals surface area contributed by atoms with E-state index in [2.05, 4.69) is 29.2 Å². The van der Waals surface area contributed by atoms with Crippen LogP contribution in [-0.2, 0) is 5.41 Å². The molecule has 2 aromatic rings. The van der Waals surface area contributed by atoms with Crippen molar-refractivity contribution in [2.45, 2.75) is 37.7 Å². The van der Waals surface area contributed by atoms with Gasteiger partial charge in [-0.2, -0.15) is 0 Å². The summed E-state index contributed by atoms with van der Waals surface area (Å²) in [5.74, 6) is -0.779. The summed E-state index contributed by atoms with van der Waals surface area (Å²) in [5, 5.41) is 10.7. The first kappa shape index (κ1) is 20.3. The van der Waals surface area contributed by atoms with Gasteiger partial charge < -0.3 is 5.11 Å². The SMILES string of the molecule is CC(F)C(O)C(F)C(C)(CF)c1ccccc1F.c1ccc2c3cc-3nc2c1. The Morgan fingerprint density at radius 2 is 1.71 bits per heavy atom. The zero-order valence-corrected chi connectivity index (χ0v) is 15.5. The topological polar surface area (TPSA) is 33.1 Å². The van der Waals surface area contributed by atoms with Crippen LogP contribution in [0.2, 0.25) is 0 Å². The second kappa shape index (κ2) is 7.87. The molecule has 0 spiro atoms. The average molecular weight is 391 g/mol. The Labute approximate surface area is 160 Å². The summed E-state index contributed by atoms with van der Waals surface area (Å²) < 4.78 is 53.7. The average Bonchev–Trinajstić information content (AvgIpc) is 3.38. The smallest absolute Gasteiger partial charge is 0.141 e. The van der Waals surface area contributed by atoms with Crippen LogP contribution in [0, 0.1) is 5.82 Å². The third-order valence-electron chi connectivity index (χ3n) is 5.05. The molecule has 0 aromatic heterocycles. The molecule has 0 saturated heterocycles. The number of pyridine rings is 1. The Morgan fingerprint density at radius 1 is 1.07 bits per heavy atom. The van der Waals surface area contributed by atoms with Crippen molar-refractivity contribution in [2.24, 2.45) is 0 Å². The van der Waals surface area contributed by atoms with E-state index in [1.54, 1.807) is 0 Å². The van der Waals surface area contributed by atoms with E-state index in [9.17, 15) is 22.7 Å². The highest BCUT2D eigenvalue weighted by atomic mass is 19.2. The molecule has 4 unspecified atom stereocenters. The van der Waals surface area contributed by atoms with Crippen LogP contribution in [0.1, 0.15) is 19.4 Å². The molecule has 0 fully saturated rings. The van der Waals surface area contributed by atoms with E-state index in [0.717, 1.165) is 25.4 Å². The number of fused-ring (bicyclic) bond motifs is 3. The molecule has 0 bridgehead atoms. The van der Waals surface area contributed by atoms with Crippen molar-refractivity contribution in [3.05, 3.63) is 66.0 Å². The zero-order chi connectivity index (χ0) is 20.5. The summed E-state index contributed by atoms with van der Waals surface area (Å²) >= 11 is 0. The van der Waals surface area contributed by atoms with Gasteiger partial charge in [0, 0.05) is 10.9 Å². The Hall–Kier alpha value is -2.47. The van der Waals surface area contributed by atoms with Crippen LogP contribution in [0.25, 0.3) is 22.2 Å². The minimum Gasteiger partial charge on any atom is -0.387 e. The van der Waals surface area contributed by atoms with Crippen molar-refractivity contribution in [2.75, 3.05) is 6.67 Å². The largest absolute Gasteiger partial charge is 0.387 e. The van der Waals surface area contributed by atoms with E-state index in [-0.39, 0.29) is 5.56 Å². The van der Waals surface area contributed by atoms with Crippen LogP contribution in [0.4, 0.5) is 17.6 Å². The number of alkyl halides is 3. The first-order chi connectivity index (χ1) is 13.3. The van der Waals surface area contributed by atoms with Crippen molar-refractivity contribution < 1.29 is 22.7 Å². The molecule has 1 aliphatic heterocycles. The maximum atomic E-state index is 14.1. The van der Waals surface area contributed by atoms with Crippen LogP contribution in [0.3, 0.4) is 0 Å². The van der Waals surface area contributed by atoms with Gasteiger partial charge in [-0.05, 0) is 37.6 Å². The second-order valence-electron chi connectivity index (χ2n) is 7.17. The quantitative estimate of drug-likeness (QED) is 0.467.